The van der Waals surface area contributed by atoms with E-state index in [1.165, 1.54) is 24.3 Å². The van der Waals surface area contributed by atoms with Crippen LogP contribution in [0.3, 0.4) is 0 Å². The maximum absolute atomic E-state index is 13.1. The minimum atomic E-state index is -0.492. The molecule has 1 aliphatic rings. The lowest BCUT2D eigenvalue weighted by molar-refractivity contribution is -0.134. The lowest BCUT2D eigenvalue weighted by atomic mass is 10.0. The van der Waals surface area contributed by atoms with Crippen LogP contribution in [0.1, 0.15) is 19.4 Å². The molecule has 0 saturated heterocycles. The number of anilines is 2. The van der Waals surface area contributed by atoms with Gasteiger partial charge in [-0.15, -0.1) is 0 Å². The fourth-order valence-electron chi connectivity index (χ4n) is 3.78. The molecule has 178 valence electrons. The van der Waals surface area contributed by atoms with Crippen LogP contribution < -0.4 is 20.7 Å². The second-order valence-electron chi connectivity index (χ2n) is 8.35. The number of aliphatic hydroxyl groups excluding tert-OH is 1. The molecule has 3 amide bonds. The van der Waals surface area contributed by atoms with Crippen LogP contribution in [0, 0.1) is 11.7 Å². The van der Waals surface area contributed by atoms with E-state index in [4.69, 9.17) is 4.74 Å². The molecule has 4 N–H and O–H groups in total. The highest BCUT2D eigenvalue weighted by atomic mass is 19.1. The summed E-state index contributed by atoms with van der Waals surface area (Å²) in [4.78, 5) is 27.2. The number of carbonyl (C=O) groups excluding carboxylic acids is 2. The molecule has 2 aromatic rings. The van der Waals surface area contributed by atoms with Crippen LogP contribution in [0.5, 0.6) is 5.75 Å². The van der Waals surface area contributed by atoms with Crippen molar-refractivity contribution in [2.45, 2.75) is 32.4 Å². The average Bonchev–Trinajstić information content (AvgIpc) is 2.83. The summed E-state index contributed by atoms with van der Waals surface area (Å²) < 4.78 is 19.3. The molecule has 0 bridgehead atoms. The van der Waals surface area contributed by atoms with E-state index in [2.05, 4.69) is 16.0 Å². The smallest absolute Gasteiger partial charge is 0.323 e. The van der Waals surface area contributed by atoms with Crippen molar-refractivity contribution in [3.05, 3.63) is 53.8 Å². The number of aliphatic hydroxyl groups is 1. The minimum Gasteiger partial charge on any atom is -0.488 e. The van der Waals surface area contributed by atoms with Gasteiger partial charge in [-0.1, -0.05) is 6.92 Å². The number of halogens is 1. The number of amides is 3. The molecule has 1 aliphatic heterocycles. The van der Waals surface area contributed by atoms with E-state index in [-0.39, 0.29) is 37.0 Å². The summed E-state index contributed by atoms with van der Waals surface area (Å²) >= 11 is 0. The number of rotatable bonds is 6. The molecule has 3 rings (SSSR count). The van der Waals surface area contributed by atoms with Crippen LogP contribution in [-0.4, -0.2) is 60.8 Å². The van der Waals surface area contributed by atoms with Gasteiger partial charge < -0.3 is 30.7 Å². The van der Waals surface area contributed by atoms with Gasteiger partial charge in [-0.3, -0.25) is 4.79 Å². The number of urea groups is 1. The van der Waals surface area contributed by atoms with Gasteiger partial charge in [-0.25, -0.2) is 9.18 Å². The van der Waals surface area contributed by atoms with Crippen LogP contribution in [0.2, 0.25) is 0 Å². The summed E-state index contributed by atoms with van der Waals surface area (Å²) in [6, 6.07) is 9.80. The van der Waals surface area contributed by atoms with E-state index in [1.807, 2.05) is 20.9 Å². The summed E-state index contributed by atoms with van der Waals surface area (Å²) in [5.41, 5.74) is 1.58. The Labute approximate surface area is 193 Å². The van der Waals surface area contributed by atoms with E-state index in [0.29, 0.717) is 35.8 Å². The van der Waals surface area contributed by atoms with Crippen LogP contribution in [-0.2, 0) is 11.2 Å². The number of fused-ring (bicyclic) bond motifs is 1. The Balaban J connectivity index is 1.83. The predicted octanol–water partition coefficient (Wildman–Crippen LogP) is 2.84. The van der Waals surface area contributed by atoms with Crippen molar-refractivity contribution >= 4 is 23.3 Å². The maximum atomic E-state index is 13.1. The second-order valence-corrected chi connectivity index (χ2v) is 8.35. The number of likely N-dealkylation sites (N-methyl/N-ethyl adjacent to an activating group) is 1. The van der Waals surface area contributed by atoms with Crippen molar-refractivity contribution in [3.63, 3.8) is 0 Å². The molecule has 3 atom stereocenters. The first-order chi connectivity index (χ1) is 15.8. The molecule has 0 saturated carbocycles. The molecule has 0 unspecified atom stereocenters. The average molecular weight is 459 g/mol. The molecule has 0 fully saturated rings. The van der Waals surface area contributed by atoms with Crippen molar-refractivity contribution in [2.24, 2.45) is 5.92 Å². The standard InChI is InChI=1S/C24H31FN4O4/c1-15-13-29(16(2)14-30)23(31)11-17-10-20(8-9-21(17)33-22(15)12-26-3)28-24(32)27-19-6-4-18(25)5-7-19/h4-10,15-16,22,26,30H,11-14H2,1-3H3,(H2,27,28,32)/t15-,16+,22+/m1/s1. The van der Waals surface area contributed by atoms with Crippen LogP contribution >= 0.6 is 0 Å². The molecule has 33 heavy (non-hydrogen) atoms. The predicted molar refractivity (Wildman–Crippen MR) is 125 cm³/mol. The van der Waals surface area contributed by atoms with Gasteiger partial charge in [0.25, 0.3) is 0 Å². The van der Waals surface area contributed by atoms with Crippen molar-refractivity contribution in [1.29, 1.82) is 0 Å². The van der Waals surface area contributed by atoms with Gasteiger partial charge in [0, 0.05) is 35.9 Å². The molecule has 2 aromatic carbocycles. The third-order valence-corrected chi connectivity index (χ3v) is 5.68. The fourth-order valence-corrected chi connectivity index (χ4v) is 3.78. The van der Waals surface area contributed by atoms with Gasteiger partial charge in [-0.2, -0.15) is 0 Å². The summed E-state index contributed by atoms with van der Waals surface area (Å²) in [5, 5.41) is 18.2. The highest BCUT2D eigenvalue weighted by Crippen LogP contribution is 2.29. The van der Waals surface area contributed by atoms with Crippen molar-refractivity contribution in [3.8, 4) is 5.75 Å². The summed E-state index contributed by atoms with van der Waals surface area (Å²) in [6.45, 7) is 4.76. The zero-order valence-corrected chi connectivity index (χ0v) is 19.1. The third-order valence-electron chi connectivity index (χ3n) is 5.68. The SMILES string of the molecule is CNC[C@@H]1Oc2ccc(NC(=O)Nc3ccc(F)cc3)cc2CC(=O)N([C@@H](C)CO)C[C@H]1C. The normalized spacial score (nSPS) is 19.4. The van der Waals surface area contributed by atoms with Crippen LogP contribution in [0.25, 0.3) is 0 Å². The Morgan fingerprint density at radius 3 is 2.55 bits per heavy atom. The first kappa shape index (κ1) is 24.5. The quantitative estimate of drug-likeness (QED) is 0.533. The first-order valence-corrected chi connectivity index (χ1v) is 11.0. The van der Waals surface area contributed by atoms with E-state index >= 15 is 0 Å². The van der Waals surface area contributed by atoms with Gasteiger partial charge in [0.2, 0.25) is 5.91 Å². The lowest BCUT2D eigenvalue weighted by Crippen LogP contribution is -2.47. The molecule has 0 radical (unpaired) electrons. The molecule has 0 aromatic heterocycles. The van der Waals surface area contributed by atoms with Crippen molar-refractivity contribution in [2.75, 3.05) is 37.4 Å². The number of ether oxygens (including phenoxy) is 1. The Hall–Kier alpha value is -3.17. The Morgan fingerprint density at radius 1 is 1.21 bits per heavy atom. The summed E-state index contributed by atoms with van der Waals surface area (Å²) in [7, 11) is 1.84. The van der Waals surface area contributed by atoms with E-state index < -0.39 is 11.8 Å². The van der Waals surface area contributed by atoms with Crippen molar-refractivity contribution < 1.29 is 23.8 Å². The molecule has 9 heteroatoms. The number of carbonyl (C=O) groups is 2. The van der Waals surface area contributed by atoms with Gasteiger partial charge >= 0.3 is 6.03 Å². The topological polar surface area (TPSA) is 103 Å². The van der Waals surface area contributed by atoms with E-state index in [0.717, 1.165) is 0 Å². The molecule has 8 nitrogen and oxygen atoms in total. The monoisotopic (exact) mass is 458 g/mol. The van der Waals surface area contributed by atoms with Gasteiger partial charge in [-0.05, 0) is 56.4 Å². The number of hydrogen-bond donors (Lipinski definition) is 4. The highest BCUT2D eigenvalue weighted by molar-refractivity contribution is 5.99. The highest BCUT2D eigenvalue weighted by Gasteiger charge is 2.30. The summed E-state index contributed by atoms with van der Waals surface area (Å²) in [6.07, 6.45) is -0.109. The summed E-state index contributed by atoms with van der Waals surface area (Å²) in [5.74, 6) is 0.101. The van der Waals surface area contributed by atoms with Gasteiger partial charge in [0.05, 0.1) is 19.1 Å². The van der Waals surface area contributed by atoms with Gasteiger partial charge in [0.15, 0.2) is 0 Å². The zero-order chi connectivity index (χ0) is 24.0. The molecule has 0 aliphatic carbocycles. The lowest BCUT2D eigenvalue weighted by Gasteiger charge is -2.32. The second kappa shape index (κ2) is 11.1. The number of hydrogen-bond acceptors (Lipinski definition) is 5. The Morgan fingerprint density at radius 2 is 1.88 bits per heavy atom. The first-order valence-electron chi connectivity index (χ1n) is 11.0. The van der Waals surface area contributed by atoms with Gasteiger partial charge in [0.1, 0.15) is 17.7 Å². The number of benzene rings is 2. The molecule has 1 heterocycles. The number of nitrogens with zero attached hydrogens (tertiary/aromatic N) is 1. The molecule has 0 spiro atoms. The maximum Gasteiger partial charge on any atom is 0.323 e. The zero-order valence-electron chi connectivity index (χ0n) is 19.1. The largest absolute Gasteiger partial charge is 0.488 e. The molecular formula is C24H31FN4O4. The molecular weight excluding hydrogens is 427 g/mol. The Kier molecular flexibility index (Phi) is 8.24. The van der Waals surface area contributed by atoms with Crippen LogP contribution in [0.4, 0.5) is 20.6 Å². The number of nitrogens with one attached hydrogen (secondary N) is 3. The Bertz CT molecular complexity index is 969. The van der Waals surface area contributed by atoms with Crippen molar-refractivity contribution in [1.82, 2.24) is 10.2 Å². The van der Waals surface area contributed by atoms with E-state index in [9.17, 15) is 19.1 Å². The fraction of sp³-hybridized carbons (Fsp3) is 0.417. The van der Waals surface area contributed by atoms with E-state index in [1.54, 1.807) is 23.1 Å². The van der Waals surface area contributed by atoms with Crippen LogP contribution in [0.15, 0.2) is 42.5 Å². The minimum absolute atomic E-state index is 0.0284. The third kappa shape index (κ3) is 6.43.